The summed E-state index contributed by atoms with van der Waals surface area (Å²) in [6.45, 7) is 4.09. The molecule has 0 saturated heterocycles. The lowest BCUT2D eigenvalue weighted by atomic mass is 9.98. The van der Waals surface area contributed by atoms with E-state index in [9.17, 15) is 10.1 Å². The molecular formula is C13H16N4O2. The molecule has 0 radical (unpaired) electrons. The van der Waals surface area contributed by atoms with E-state index in [-0.39, 0.29) is 11.6 Å². The van der Waals surface area contributed by atoms with E-state index in [4.69, 9.17) is 5.73 Å². The predicted octanol–water partition coefficient (Wildman–Crippen LogP) is 2.70. The van der Waals surface area contributed by atoms with Crippen molar-refractivity contribution in [2.45, 2.75) is 19.8 Å². The van der Waals surface area contributed by atoms with Crippen LogP contribution in [0.3, 0.4) is 0 Å². The molecule has 19 heavy (non-hydrogen) atoms. The number of nitrogens with two attached hydrogens (primary N) is 1. The monoisotopic (exact) mass is 260 g/mol. The Labute approximate surface area is 111 Å². The summed E-state index contributed by atoms with van der Waals surface area (Å²) in [5.41, 5.74) is 8.67. The van der Waals surface area contributed by atoms with Crippen LogP contribution in [-0.4, -0.2) is 14.7 Å². The highest BCUT2D eigenvalue weighted by Crippen LogP contribution is 2.33. The highest BCUT2D eigenvalue weighted by atomic mass is 16.6. The van der Waals surface area contributed by atoms with Crippen molar-refractivity contribution in [3.63, 3.8) is 0 Å². The van der Waals surface area contributed by atoms with Crippen LogP contribution in [0.2, 0.25) is 0 Å². The highest BCUT2D eigenvalue weighted by Gasteiger charge is 2.18. The number of rotatable bonds is 3. The Morgan fingerprint density at radius 3 is 2.37 bits per heavy atom. The average Bonchev–Trinajstić information content (AvgIpc) is 2.66. The quantitative estimate of drug-likeness (QED) is 0.679. The fourth-order valence-corrected chi connectivity index (χ4v) is 2.08. The molecule has 1 aromatic heterocycles. The maximum atomic E-state index is 10.6. The van der Waals surface area contributed by atoms with Gasteiger partial charge in [-0.2, -0.15) is 5.10 Å². The summed E-state index contributed by atoms with van der Waals surface area (Å²) >= 11 is 0. The minimum Gasteiger partial charge on any atom is -0.384 e. The maximum absolute atomic E-state index is 10.6. The third-order valence-electron chi connectivity index (χ3n) is 3.06. The van der Waals surface area contributed by atoms with Crippen LogP contribution in [0.1, 0.15) is 25.3 Å². The first-order valence-corrected chi connectivity index (χ1v) is 5.99. The zero-order valence-electron chi connectivity index (χ0n) is 11.1. The molecule has 2 aromatic rings. The number of non-ortho nitro benzene ring substituents is 1. The van der Waals surface area contributed by atoms with Gasteiger partial charge in [-0.05, 0) is 18.1 Å². The molecule has 2 rings (SSSR count). The molecule has 0 aliphatic carbocycles. The largest absolute Gasteiger partial charge is 0.384 e. The Hall–Kier alpha value is -2.37. The van der Waals surface area contributed by atoms with Crippen LogP contribution in [0.4, 0.5) is 11.5 Å². The molecule has 0 aliphatic rings. The Kier molecular flexibility index (Phi) is 3.25. The normalized spacial score (nSPS) is 10.9. The van der Waals surface area contributed by atoms with Crippen LogP contribution >= 0.6 is 0 Å². The van der Waals surface area contributed by atoms with E-state index >= 15 is 0 Å². The van der Waals surface area contributed by atoms with Gasteiger partial charge >= 0.3 is 0 Å². The van der Waals surface area contributed by atoms with Crippen molar-refractivity contribution in [1.29, 1.82) is 0 Å². The lowest BCUT2D eigenvalue weighted by Gasteiger charge is -2.07. The fraction of sp³-hybridized carbons (Fsp3) is 0.308. The second kappa shape index (κ2) is 4.72. The number of nitrogens with zero attached hydrogens (tertiary/aromatic N) is 3. The lowest BCUT2D eigenvalue weighted by molar-refractivity contribution is -0.384. The third kappa shape index (κ3) is 2.29. The number of nitro benzene ring substituents is 1. The van der Waals surface area contributed by atoms with Gasteiger partial charge in [0.05, 0.1) is 10.6 Å². The molecule has 2 N–H and O–H groups in total. The number of nitrogen functional groups attached to an aromatic ring is 1. The van der Waals surface area contributed by atoms with Crippen LogP contribution < -0.4 is 5.73 Å². The number of nitro groups is 1. The van der Waals surface area contributed by atoms with Crippen molar-refractivity contribution in [3.8, 4) is 11.3 Å². The van der Waals surface area contributed by atoms with Crippen LogP contribution in [0.15, 0.2) is 24.3 Å². The average molecular weight is 260 g/mol. The summed E-state index contributed by atoms with van der Waals surface area (Å²) in [5.74, 6) is 0.863. The van der Waals surface area contributed by atoms with E-state index in [1.807, 2.05) is 13.8 Å². The van der Waals surface area contributed by atoms with Gasteiger partial charge in [0, 0.05) is 30.3 Å². The van der Waals surface area contributed by atoms with Gasteiger partial charge in [-0.3, -0.25) is 14.8 Å². The molecule has 6 nitrogen and oxygen atoms in total. The second-order valence-electron chi connectivity index (χ2n) is 4.73. The van der Waals surface area contributed by atoms with E-state index in [0.717, 1.165) is 16.8 Å². The molecule has 0 spiro atoms. The predicted molar refractivity (Wildman–Crippen MR) is 73.8 cm³/mol. The van der Waals surface area contributed by atoms with Crippen LogP contribution in [-0.2, 0) is 7.05 Å². The van der Waals surface area contributed by atoms with E-state index in [1.54, 1.807) is 23.9 Å². The SMILES string of the molecule is CC(C)c1c(-c2ccc([N+](=O)[O-])cc2)nn(C)c1N. The third-order valence-corrected chi connectivity index (χ3v) is 3.06. The standard InChI is InChI=1S/C13H16N4O2/c1-8(2)11-12(15-16(3)13(11)14)9-4-6-10(7-5-9)17(18)19/h4-8H,14H2,1-3H3. The number of benzene rings is 1. The van der Waals surface area contributed by atoms with Gasteiger partial charge in [0.2, 0.25) is 0 Å². The first-order chi connectivity index (χ1) is 8.91. The van der Waals surface area contributed by atoms with E-state index in [2.05, 4.69) is 5.10 Å². The molecule has 0 saturated carbocycles. The highest BCUT2D eigenvalue weighted by molar-refractivity contribution is 5.70. The van der Waals surface area contributed by atoms with Crippen molar-refractivity contribution >= 4 is 11.5 Å². The summed E-state index contributed by atoms with van der Waals surface area (Å²) in [6.07, 6.45) is 0. The first kappa shape index (κ1) is 13.1. The van der Waals surface area contributed by atoms with Gasteiger partial charge < -0.3 is 5.73 Å². The molecule has 6 heteroatoms. The molecule has 0 aliphatic heterocycles. The molecule has 0 amide bonds. The Morgan fingerprint density at radius 2 is 1.89 bits per heavy atom. The van der Waals surface area contributed by atoms with Gasteiger partial charge in [0.25, 0.3) is 5.69 Å². The van der Waals surface area contributed by atoms with Gasteiger partial charge in [-0.15, -0.1) is 0 Å². The molecular weight excluding hydrogens is 244 g/mol. The molecule has 1 heterocycles. The van der Waals surface area contributed by atoms with Crippen LogP contribution in [0, 0.1) is 10.1 Å². The molecule has 0 bridgehead atoms. The number of aryl methyl sites for hydroxylation is 1. The van der Waals surface area contributed by atoms with Crippen molar-refractivity contribution in [2.24, 2.45) is 7.05 Å². The molecule has 1 aromatic carbocycles. The summed E-state index contributed by atoms with van der Waals surface area (Å²) in [5, 5.41) is 15.0. The van der Waals surface area contributed by atoms with Gasteiger partial charge in [-0.25, -0.2) is 0 Å². The van der Waals surface area contributed by atoms with Crippen molar-refractivity contribution in [2.75, 3.05) is 5.73 Å². The van der Waals surface area contributed by atoms with Crippen LogP contribution in [0.25, 0.3) is 11.3 Å². The molecule has 0 unspecified atom stereocenters. The summed E-state index contributed by atoms with van der Waals surface area (Å²) in [4.78, 5) is 10.2. The number of hydrogen-bond acceptors (Lipinski definition) is 4. The maximum Gasteiger partial charge on any atom is 0.269 e. The fourth-order valence-electron chi connectivity index (χ4n) is 2.08. The van der Waals surface area contributed by atoms with Gasteiger partial charge in [-0.1, -0.05) is 13.8 Å². The smallest absolute Gasteiger partial charge is 0.269 e. The van der Waals surface area contributed by atoms with Gasteiger partial charge in [0.15, 0.2) is 0 Å². The minimum atomic E-state index is -0.417. The topological polar surface area (TPSA) is 87.0 Å². The molecule has 100 valence electrons. The lowest BCUT2D eigenvalue weighted by Crippen LogP contribution is -2.00. The van der Waals surface area contributed by atoms with E-state index in [0.29, 0.717) is 5.82 Å². The Bertz CT molecular complexity index is 614. The van der Waals surface area contributed by atoms with Crippen molar-refractivity contribution in [1.82, 2.24) is 9.78 Å². The number of anilines is 1. The van der Waals surface area contributed by atoms with Crippen molar-refractivity contribution < 1.29 is 4.92 Å². The zero-order valence-corrected chi connectivity index (χ0v) is 11.1. The Balaban J connectivity index is 2.53. The molecule has 0 atom stereocenters. The summed E-state index contributed by atoms with van der Waals surface area (Å²) in [7, 11) is 1.79. The number of hydrogen-bond donors (Lipinski definition) is 1. The molecule has 0 fully saturated rings. The van der Waals surface area contributed by atoms with Crippen LogP contribution in [0.5, 0.6) is 0 Å². The summed E-state index contributed by atoms with van der Waals surface area (Å²) in [6, 6.07) is 6.35. The van der Waals surface area contributed by atoms with Gasteiger partial charge in [0.1, 0.15) is 5.82 Å². The van der Waals surface area contributed by atoms with E-state index < -0.39 is 4.92 Å². The summed E-state index contributed by atoms with van der Waals surface area (Å²) < 4.78 is 1.63. The zero-order chi connectivity index (χ0) is 14.2. The first-order valence-electron chi connectivity index (χ1n) is 5.99. The van der Waals surface area contributed by atoms with E-state index in [1.165, 1.54) is 12.1 Å². The number of aromatic nitrogens is 2. The second-order valence-corrected chi connectivity index (χ2v) is 4.73. The minimum absolute atomic E-state index is 0.0683. The Morgan fingerprint density at radius 1 is 1.32 bits per heavy atom. The van der Waals surface area contributed by atoms with Crippen molar-refractivity contribution in [3.05, 3.63) is 39.9 Å².